The number of anilines is 2. The zero-order valence-corrected chi connectivity index (χ0v) is 15.5. The van der Waals surface area contributed by atoms with E-state index < -0.39 is 0 Å². The molecule has 1 saturated carbocycles. The number of rotatable bonds is 6. The van der Waals surface area contributed by atoms with Gasteiger partial charge in [-0.15, -0.1) is 0 Å². The molecular formula is C20H27FN4O. The van der Waals surface area contributed by atoms with Crippen LogP contribution in [0.25, 0.3) is 0 Å². The number of nitrogens with zero attached hydrogens (tertiary/aromatic N) is 3. The number of halogens is 1. The molecule has 1 aromatic carbocycles. The number of nitrogens with one attached hydrogen (secondary N) is 1. The molecule has 0 spiro atoms. The van der Waals surface area contributed by atoms with E-state index in [1.54, 1.807) is 19.2 Å². The summed E-state index contributed by atoms with van der Waals surface area (Å²) in [7, 11) is 0. The van der Waals surface area contributed by atoms with Crippen molar-refractivity contribution in [2.24, 2.45) is 0 Å². The van der Waals surface area contributed by atoms with E-state index in [2.05, 4.69) is 27.1 Å². The third-order valence-electron chi connectivity index (χ3n) is 4.99. The molecule has 1 aliphatic carbocycles. The molecule has 0 aliphatic heterocycles. The topological polar surface area (TPSA) is 61.3 Å². The molecular weight excluding hydrogens is 331 g/mol. The van der Waals surface area contributed by atoms with E-state index in [9.17, 15) is 9.50 Å². The van der Waals surface area contributed by atoms with E-state index in [-0.39, 0.29) is 11.9 Å². The average Bonchev–Trinajstić information content (AvgIpc) is 2.65. The van der Waals surface area contributed by atoms with Crippen LogP contribution in [0.2, 0.25) is 0 Å². The summed E-state index contributed by atoms with van der Waals surface area (Å²) < 4.78 is 13.8. The number of benzene rings is 1. The number of hydrogen-bond donors (Lipinski definition) is 2. The molecule has 2 aromatic rings. The van der Waals surface area contributed by atoms with Crippen molar-refractivity contribution in [3.05, 3.63) is 47.4 Å². The van der Waals surface area contributed by atoms with Crippen LogP contribution in [0, 0.1) is 12.7 Å². The largest absolute Gasteiger partial charge is 0.393 e. The van der Waals surface area contributed by atoms with Gasteiger partial charge < -0.3 is 15.3 Å². The maximum atomic E-state index is 13.8. The quantitative estimate of drug-likeness (QED) is 0.825. The van der Waals surface area contributed by atoms with Gasteiger partial charge >= 0.3 is 0 Å². The lowest BCUT2D eigenvalue weighted by atomic mass is 9.93. The predicted octanol–water partition coefficient (Wildman–Crippen LogP) is 3.67. The van der Waals surface area contributed by atoms with Crippen LogP contribution in [-0.4, -0.2) is 33.8 Å². The van der Waals surface area contributed by atoms with Gasteiger partial charge in [-0.25, -0.2) is 9.37 Å². The summed E-state index contributed by atoms with van der Waals surface area (Å²) in [6.45, 7) is 5.19. The Balaban J connectivity index is 1.69. The zero-order chi connectivity index (χ0) is 18.5. The molecule has 0 saturated heterocycles. The van der Waals surface area contributed by atoms with Crippen LogP contribution in [0.1, 0.15) is 43.7 Å². The van der Waals surface area contributed by atoms with Gasteiger partial charge in [-0.2, -0.15) is 4.98 Å². The highest BCUT2D eigenvalue weighted by Crippen LogP contribution is 2.22. The maximum absolute atomic E-state index is 13.8. The van der Waals surface area contributed by atoms with Gasteiger partial charge in [0.25, 0.3) is 0 Å². The third kappa shape index (κ3) is 4.69. The Morgan fingerprint density at radius 1 is 1.23 bits per heavy atom. The van der Waals surface area contributed by atoms with E-state index in [0.717, 1.165) is 43.6 Å². The van der Waals surface area contributed by atoms with E-state index in [0.29, 0.717) is 24.1 Å². The predicted molar refractivity (Wildman–Crippen MR) is 102 cm³/mol. The fourth-order valence-electron chi connectivity index (χ4n) is 3.31. The van der Waals surface area contributed by atoms with Crippen LogP contribution < -0.4 is 10.2 Å². The van der Waals surface area contributed by atoms with Crippen molar-refractivity contribution < 1.29 is 9.50 Å². The first-order valence-electron chi connectivity index (χ1n) is 9.32. The maximum Gasteiger partial charge on any atom is 0.224 e. The molecule has 1 aromatic heterocycles. The number of aromatic nitrogens is 2. The SMILES string of the molecule is CCN(Cc1ccc(C)c(F)c1)c1ccnc(NC2CCC(O)CC2)n1. The molecule has 1 aliphatic rings. The van der Waals surface area contributed by atoms with Gasteiger partial charge in [0.2, 0.25) is 5.95 Å². The molecule has 3 rings (SSSR count). The summed E-state index contributed by atoms with van der Waals surface area (Å²) in [6.07, 6.45) is 5.06. The van der Waals surface area contributed by atoms with E-state index in [4.69, 9.17) is 0 Å². The zero-order valence-electron chi connectivity index (χ0n) is 15.5. The lowest BCUT2D eigenvalue weighted by Gasteiger charge is -2.27. The molecule has 6 heteroatoms. The Labute approximate surface area is 154 Å². The number of aliphatic hydroxyl groups excluding tert-OH is 1. The smallest absolute Gasteiger partial charge is 0.224 e. The molecule has 5 nitrogen and oxygen atoms in total. The lowest BCUT2D eigenvalue weighted by molar-refractivity contribution is 0.126. The summed E-state index contributed by atoms with van der Waals surface area (Å²) in [5.74, 6) is 1.25. The van der Waals surface area contributed by atoms with Crippen LogP contribution in [0.5, 0.6) is 0 Å². The Kier molecular flexibility index (Phi) is 6.04. The summed E-state index contributed by atoms with van der Waals surface area (Å²) >= 11 is 0. The minimum atomic E-state index is -0.178. The van der Waals surface area contributed by atoms with Gasteiger partial charge in [-0.05, 0) is 62.8 Å². The first-order chi connectivity index (χ1) is 12.5. The second-order valence-corrected chi connectivity index (χ2v) is 6.99. The van der Waals surface area contributed by atoms with Crippen LogP contribution in [0.15, 0.2) is 30.5 Å². The van der Waals surface area contributed by atoms with E-state index in [1.807, 2.05) is 18.2 Å². The van der Waals surface area contributed by atoms with Crippen LogP contribution in [-0.2, 0) is 6.54 Å². The fraction of sp³-hybridized carbons (Fsp3) is 0.500. The molecule has 26 heavy (non-hydrogen) atoms. The van der Waals surface area contributed by atoms with Gasteiger partial charge in [-0.3, -0.25) is 0 Å². The summed E-state index contributed by atoms with van der Waals surface area (Å²) in [5.41, 5.74) is 1.58. The number of aryl methyl sites for hydroxylation is 1. The second-order valence-electron chi connectivity index (χ2n) is 6.99. The van der Waals surface area contributed by atoms with E-state index in [1.165, 1.54) is 0 Å². The monoisotopic (exact) mass is 358 g/mol. The van der Waals surface area contributed by atoms with Crippen LogP contribution >= 0.6 is 0 Å². The van der Waals surface area contributed by atoms with Gasteiger partial charge in [0.1, 0.15) is 11.6 Å². The van der Waals surface area contributed by atoms with Crippen molar-refractivity contribution in [3.63, 3.8) is 0 Å². The van der Waals surface area contributed by atoms with Crippen molar-refractivity contribution in [1.29, 1.82) is 0 Å². The molecule has 140 valence electrons. The molecule has 2 N–H and O–H groups in total. The molecule has 1 heterocycles. The molecule has 0 amide bonds. The highest BCUT2D eigenvalue weighted by Gasteiger charge is 2.20. The standard InChI is InChI=1S/C20H27FN4O/c1-3-25(13-15-5-4-14(2)18(21)12-15)19-10-11-22-20(24-19)23-16-6-8-17(26)9-7-16/h4-5,10-12,16-17,26H,3,6-9,13H2,1-2H3,(H,22,23,24). The second kappa shape index (κ2) is 8.45. The Morgan fingerprint density at radius 2 is 2.00 bits per heavy atom. The van der Waals surface area contributed by atoms with Crippen molar-refractivity contribution >= 4 is 11.8 Å². The average molecular weight is 358 g/mol. The highest BCUT2D eigenvalue weighted by atomic mass is 19.1. The first kappa shape index (κ1) is 18.6. The number of hydrogen-bond acceptors (Lipinski definition) is 5. The van der Waals surface area contributed by atoms with Crippen LogP contribution in [0.4, 0.5) is 16.2 Å². The molecule has 0 bridgehead atoms. The molecule has 0 radical (unpaired) electrons. The minimum Gasteiger partial charge on any atom is -0.393 e. The summed E-state index contributed by atoms with van der Waals surface area (Å²) in [4.78, 5) is 11.1. The molecule has 1 fully saturated rings. The highest BCUT2D eigenvalue weighted by molar-refractivity contribution is 5.43. The van der Waals surface area contributed by atoms with Crippen molar-refractivity contribution in [2.75, 3.05) is 16.8 Å². The Hall–Kier alpha value is -2.21. The Morgan fingerprint density at radius 3 is 2.69 bits per heavy atom. The van der Waals surface area contributed by atoms with Gasteiger partial charge in [-0.1, -0.05) is 12.1 Å². The third-order valence-corrected chi connectivity index (χ3v) is 4.99. The summed E-state index contributed by atoms with van der Waals surface area (Å²) in [5, 5.41) is 13.0. The summed E-state index contributed by atoms with van der Waals surface area (Å²) in [6, 6.07) is 7.53. The van der Waals surface area contributed by atoms with Crippen molar-refractivity contribution in [1.82, 2.24) is 9.97 Å². The first-order valence-corrected chi connectivity index (χ1v) is 9.32. The van der Waals surface area contributed by atoms with E-state index >= 15 is 0 Å². The number of aliphatic hydroxyl groups is 1. The Bertz CT molecular complexity index is 732. The normalized spacial score (nSPS) is 20.0. The van der Waals surface area contributed by atoms with Crippen molar-refractivity contribution in [3.8, 4) is 0 Å². The molecule has 0 unspecified atom stereocenters. The van der Waals surface area contributed by atoms with Crippen molar-refractivity contribution in [2.45, 2.75) is 58.2 Å². The fourth-order valence-corrected chi connectivity index (χ4v) is 3.31. The lowest BCUT2D eigenvalue weighted by Crippen LogP contribution is -2.29. The van der Waals surface area contributed by atoms with Gasteiger partial charge in [0, 0.05) is 25.3 Å². The molecule has 0 atom stereocenters. The minimum absolute atomic E-state index is 0.175. The van der Waals surface area contributed by atoms with Gasteiger partial charge in [0.05, 0.1) is 6.10 Å². The van der Waals surface area contributed by atoms with Gasteiger partial charge in [0.15, 0.2) is 0 Å². The van der Waals surface area contributed by atoms with Crippen LogP contribution in [0.3, 0.4) is 0 Å².